The van der Waals surface area contributed by atoms with Crippen molar-refractivity contribution in [2.45, 2.75) is 271 Å². The molecule has 0 amide bonds. The smallest absolute Gasteiger partial charge is 0.309 e. The molecule has 0 aromatic heterocycles. The van der Waals surface area contributed by atoms with E-state index in [1.165, 1.54) is 96.3 Å². The van der Waals surface area contributed by atoms with E-state index in [1.54, 1.807) is 6.08 Å². The summed E-state index contributed by atoms with van der Waals surface area (Å²) in [6, 6.07) is 0. The molecule has 0 N–H and O–H groups in total. The average Bonchev–Trinajstić information content (AvgIpc) is 3.45. The Morgan fingerprint density at radius 1 is 0.278 bits per heavy atom. The van der Waals surface area contributed by atoms with Crippen molar-refractivity contribution >= 4 is 17.9 Å². The van der Waals surface area contributed by atoms with Crippen LogP contribution in [0.3, 0.4) is 0 Å². The Balaban J connectivity index is 4.41. The molecule has 6 heteroatoms. The van der Waals surface area contributed by atoms with Crippen LogP contribution < -0.4 is 0 Å². The van der Waals surface area contributed by atoms with Crippen molar-refractivity contribution in [1.29, 1.82) is 0 Å². The lowest BCUT2D eigenvalue weighted by molar-refractivity contribution is -0.166. The van der Waals surface area contributed by atoms with E-state index in [2.05, 4.69) is 167 Å². The van der Waals surface area contributed by atoms with Crippen LogP contribution in [0, 0.1) is 0 Å². The number of unbranched alkanes of at least 4 members (excludes halogenated alkanes) is 20. The van der Waals surface area contributed by atoms with E-state index in [0.29, 0.717) is 12.8 Å². The molecule has 0 rings (SSSR count). The van der Waals surface area contributed by atoms with Crippen LogP contribution in [0.25, 0.3) is 0 Å². The second kappa shape index (κ2) is 65.5. The number of rotatable bonds is 56. The molecule has 0 aliphatic carbocycles. The maximum absolute atomic E-state index is 12.9. The highest BCUT2D eigenvalue weighted by molar-refractivity contribution is 5.72. The molecule has 0 fully saturated rings. The molecule has 444 valence electrons. The van der Waals surface area contributed by atoms with Crippen molar-refractivity contribution in [3.63, 3.8) is 0 Å². The maximum Gasteiger partial charge on any atom is 0.309 e. The molecule has 0 saturated carbocycles. The maximum atomic E-state index is 12.9. The zero-order valence-electron chi connectivity index (χ0n) is 50.8. The standard InChI is InChI=1S/C73H116O6/c1-4-7-10-13-16-19-22-25-28-30-31-32-33-34-35-36-37-38-39-40-41-43-45-48-51-54-57-60-63-66-72(75)78-69-70(68-77-71(74)65-62-59-56-53-50-47-44-27-24-21-18-15-12-9-6-3)79-73(76)67-64-61-58-55-52-49-46-42-29-26-23-20-17-14-11-8-5-2/h7,9-10,12,16-21,25-29,31-32,34-35,37-38,44,50,53,59,62,70H,4-6,8,11,13-15,22-24,30,33,36,39-43,45-49,51-52,54-58,60-61,63-69H2,1-3H3/b10-7-,12-9-,19-16-,20-17-,21-18-,28-25-,29-26-,32-31-,35-34-,38-37-,44-27-,53-50-,62-59-. The Labute approximate surface area is 486 Å². The molecule has 0 aliphatic heterocycles. The molecular formula is C73H116O6. The minimum absolute atomic E-state index is 0.118. The highest BCUT2D eigenvalue weighted by Crippen LogP contribution is 2.15. The van der Waals surface area contributed by atoms with Crippen molar-refractivity contribution in [3.05, 3.63) is 158 Å². The molecule has 1 atom stereocenters. The first-order valence-corrected chi connectivity index (χ1v) is 32.0. The first kappa shape index (κ1) is 74.0. The van der Waals surface area contributed by atoms with Gasteiger partial charge in [0, 0.05) is 12.8 Å². The second-order valence-electron chi connectivity index (χ2n) is 20.6. The zero-order chi connectivity index (χ0) is 57.1. The van der Waals surface area contributed by atoms with E-state index in [1.807, 2.05) is 6.08 Å². The lowest BCUT2D eigenvalue weighted by Gasteiger charge is -2.18. The lowest BCUT2D eigenvalue weighted by Crippen LogP contribution is -2.30. The first-order valence-electron chi connectivity index (χ1n) is 32.0. The van der Waals surface area contributed by atoms with Crippen LogP contribution in [0.4, 0.5) is 0 Å². The van der Waals surface area contributed by atoms with E-state index < -0.39 is 12.1 Å². The number of allylic oxidation sites excluding steroid dienone is 25. The Kier molecular flexibility index (Phi) is 61.4. The van der Waals surface area contributed by atoms with E-state index >= 15 is 0 Å². The molecule has 79 heavy (non-hydrogen) atoms. The van der Waals surface area contributed by atoms with Crippen LogP contribution in [-0.4, -0.2) is 37.2 Å². The van der Waals surface area contributed by atoms with Gasteiger partial charge in [-0.2, -0.15) is 0 Å². The second-order valence-corrected chi connectivity index (χ2v) is 20.6. The van der Waals surface area contributed by atoms with Gasteiger partial charge in [0.1, 0.15) is 13.2 Å². The fraction of sp³-hybridized carbons (Fsp3) is 0.603. The number of hydrogen-bond donors (Lipinski definition) is 0. The van der Waals surface area contributed by atoms with Gasteiger partial charge in [0.05, 0.1) is 6.42 Å². The Morgan fingerprint density at radius 2 is 0.544 bits per heavy atom. The van der Waals surface area contributed by atoms with Gasteiger partial charge in [0.25, 0.3) is 0 Å². The molecule has 1 unspecified atom stereocenters. The Morgan fingerprint density at radius 3 is 0.886 bits per heavy atom. The van der Waals surface area contributed by atoms with Crippen LogP contribution in [0.2, 0.25) is 0 Å². The van der Waals surface area contributed by atoms with Crippen LogP contribution in [0.15, 0.2) is 158 Å². The van der Waals surface area contributed by atoms with Gasteiger partial charge >= 0.3 is 17.9 Å². The van der Waals surface area contributed by atoms with Gasteiger partial charge in [-0.15, -0.1) is 0 Å². The lowest BCUT2D eigenvalue weighted by atomic mass is 10.1. The fourth-order valence-electron chi connectivity index (χ4n) is 8.31. The minimum Gasteiger partial charge on any atom is -0.462 e. The molecule has 0 spiro atoms. The monoisotopic (exact) mass is 1090 g/mol. The van der Waals surface area contributed by atoms with Crippen molar-refractivity contribution < 1.29 is 28.6 Å². The van der Waals surface area contributed by atoms with Gasteiger partial charge < -0.3 is 14.2 Å². The molecule has 0 radical (unpaired) electrons. The van der Waals surface area contributed by atoms with Crippen molar-refractivity contribution in [3.8, 4) is 0 Å². The van der Waals surface area contributed by atoms with E-state index in [0.717, 1.165) is 128 Å². The summed E-state index contributed by atoms with van der Waals surface area (Å²) < 4.78 is 16.8. The molecule has 0 aromatic rings. The SMILES string of the molecule is CC/C=C\C/C=C\C/C=C\C/C=C\C/C=C\C/C=C\CCCCCCCCCCCCC(=O)OCC(COC(=O)C/C=C\C/C=C\C/C=C\C/C=C\C/C=C\CC)OC(=O)CCCCCCCCC/C=C\C/C=C\CCCCC. The highest BCUT2D eigenvalue weighted by Gasteiger charge is 2.19. The van der Waals surface area contributed by atoms with Gasteiger partial charge in [-0.25, -0.2) is 0 Å². The van der Waals surface area contributed by atoms with E-state index in [4.69, 9.17) is 14.2 Å². The molecule has 6 nitrogen and oxygen atoms in total. The number of carbonyl (C=O) groups is 3. The fourth-order valence-corrected chi connectivity index (χ4v) is 8.31. The van der Waals surface area contributed by atoms with Gasteiger partial charge in [0.2, 0.25) is 0 Å². The van der Waals surface area contributed by atoms with Crippen LogP contribution >= 0.6 is 0 Å². The summed E-state index contributed by atoms with van der Waals surface area (Å²) >= 11 is 0. The third-order valence-electron chi connectivity index (χ3n) is 13.0. The van der Waals surface area contributed by atoms with Gasteiger partial charge in [-0.05, 0) is 128 Å². The van der Waals surface area contributed by atoms with Crippen molar-refractivity contribution in [1.82, 2.24) is 0 Å². The third kappa shape index (κ3) is 63.7. The largest absolute Gasteiger partial charge is 0.462 e. The summed E-state index contributed by atoms with van der Waals surface area (Å²) in [6.07, 6.45) is 95.6. The normalized spacial score (nSPS) is 13.2. The molecule has 0 aliphatic rings. The van der Waals surface area contributed by atoms with Gasteiger partial charge in [0.15, 0.2) is 6.10 Å². The molecule has 0 heterocycles. The van der Waals surface area contributed by atoms with Gasteiger partial charge in [-0.1, -0.05) is 275 Å². The molecule has 0 bridgehead atoms. The van der Waals surface area contributed by atoms with Crippen LogP contribution in [0.5, 0.6) is 0 Å². The summed E-state index contributed by atoms with van der Waals surface area (Å²) in [4.78, 5) is 38.2. The zero-order valence-corrected chi connectivity index (χ0v) is 50.8. The van der Waals surface area contributed by atoms with Gasteiger partial charge in [-0.3, -0.25) is 14.4 Å². The topological polar surface area (TPSA) is 78.9 Å². The number of ether oxygens (including phenoxy) is 3. The summed E-state index contributed by atoms with van der Waals surface area (Å²) in [6.45, 7) is 6.29. The van der Waals surface area contributed by atoms with Crippen molar-refractivity contribution in [2.24, 2.45) is 0 Å². The van der Waals surface area contributed by atoms with E-state index in [9.17, 15) is 14.4 Å². The van der Waals surface area contributed by atoms with Crippen molar-refractivity contribution in [2.75, 3.05) is 13.2 Å². The predicted molar refractivity (Wildman–Crippen MR) is 343 cm³/mol. The number of hydrogen-bond acceptors (Lipinski definition) is 6. The molecular weight excluding hydrogens is 973 g/mol. The summed E-state index contributed by atoms with van der Waals surface area (Å²) in [5.74, 6) is -1.07. The van der Waals surface area contributed by atoms with Crippen LogP contribution in [0.1, 0.15) is 265 Å². The Bertz CT molecular complexity index is 1780. The summed E-state index contributed by atoms with van der Waals surface area (Å²) in [7, 11) is 0. The highest BCUT2D eigenvalue weighted by atomic mass is 16.6. The summed E-state index contributed by atoms with van der Waals surface area (Å²) in [5.41, 5.74) is 0. The minimum atomic E-state index is -0.832. The predicted octanol–water partition coefficient (Wildman–Crippen LogP) is 22.1. The first-order chi connectivity index (χ1) is 39.0. The van der Waals surface area contributed by atoms with Crippen LogP contribution in [-0.2, 0) is 28.6 Å². The van der Waals surface area contributed by atoms with E-state index in [-0.39, 0.29) is 31.6 Å². The summed E-state index contributed by atoms with van der Waals surface area (Å²) in [5, 5.41) is 0. The Hall–Kier alpha value is -4.97. The molecule has 0 aromatic carbocycles. The quantitative estimate of drug-likeness (QED) is 0.0261. The number of esters is 3. The number of carbonyl (C=O) groups excluding carboxylic acids is 3. The average molecular weight is 1090 g/mol. The molecule has 0 saturated heterocycles. The third-order valence-corrected chi connectivity index (χ3v) is 13.0.